The number of hydrogen-bond donors (Lipinski definition) is 1. The zero-order valence-electron chi connectivity index (χ0n) is 21.9. The number of nitrogens with one attached hydrogen (secondary N) is 1. The average molecular weight is 560 g/mol. The van der Waals surface area contributed by atoms with Crippen LogP contribution in [0.15, 0.2) is 53.6 Å². The van der Waals surface area contributed by atoms with Crippen LogP contribution in [0.2, 0.25) is 0 Å². The Morgan fingerprint density at radius 3 is 2.31 bits per heavy atom. The number of aromatic nitrogens is 2. The van der Waals surface area contributed by atoms with Gasteiger partial charge in [0.05, 0.1) is 11.6 Å². The number of amides is 1. The highest BCUT2D eigenvalue weighted by atomic mass is 32.2. The normalized spacial score (nSPS) is 16.0. The van der Waals surface area contributed by atoms with Crippen molar-refractivity contribution in [3.8, 4) is 11.6 Å². The van der Waals surface area contributed by atoms with Crippen LogP contribution in [-0.4, -0.2) is 30.5 Å². The number of benzene rings is 1. The molecule has 1 N–H and O–H groups in total. The molecule has 0 saturated heterocycles. The highest BCUT2D eigenvalue weighted by Gasteiger charge is 2.40. The molecule has 206 valence electrons. The quantitative estimate of drug-likeness (QED) is 0.377. The smallest absolute Gasteiger partial charge is 0.392 e. The van der Waals surface area contributed by atoms with E-state index in [4.69, 9.17) is 4.74 Å². The molecule has 2 heterocycles. The number of sulfonamides is 1. The summed E-state index contributed by atoms with van der Waals surface area (Å²) in [6, 6.07) is 11.0. The van der Waals surface area contributed by atoms with Crippen molar-refractivity contribution in [3.63, 3.8) is 0 Å². The lowest BCUT2D eigenvalue weighted by atomic mass is 9.87. The maximum absolute atomic E-state index is 13.2. The van der Waals surface area contributed by atoms with E-state index in [1.165, 1.54) is 30.3 Å². The molecule has 1 amide bonds. The fraction of sp³-hybridized carbons (Fsp3) is 0.321. The fourth-order valence-corrected chi connectivity index (χ4v) is 5.54. The molecule has 0 fully saturated rings. The summed E-state index contributed by atoms with van der Waals surface area (Å²) < 4.78 is 73.2. The van der Waals surface area contributed by atoms with Crippen molar-refractivity contribution in [1.82, 2.24) is 14.7 Å². The van der Waals surface area contributed by atoms with E-state index in [0.29, 0.717) is 22.7 Å². The van der Waals surface area contributed by atoms with Gasteiger partial charge in [0.1, 0.15) is 11.3 Å². The second-order valence-electron chi connectivity index (χ2n) is 9.67. The SMILES string of the molecule is Cc1cc(C)c(Oc2nc(C3=CCC(C(F)(F)F)CC3)ccc2C(=O)NS(=O)(=O)c2cccc(C)n2)c(C)c1. The van der Waals surface area contributed by atoms with Gasteiger partial charge in [-0.3, -0.25) is 4.79 Å². The number of halogens is 3. The Labute approximate surface area is 225 Å². The topological polar surface area (TPSA) is 98.2 Å². The van der Waals surface area contributed by atoms with Crippen molar-refractivity contribution >= 4 is 21.5 Å². The fourth-order valence-electron chi connectivity index (χ4n) is 4.56. The van der Waals surface area contributed by atoms with Crippen LogP contribution in [0.3, 0.4) is 0 Å². The predicted octanol–water partition coefficient (Wildman–Crippen LogP) is 6.37. The van der Waals surface area contributed by atoms with Gasteiger partial charge in [-0.1, -0.05) is 29.8 Å². The molecule has 0 spiro atoms. The number of carbonyl (C=O) groups excluding carboxylic acids is 1. The van der Waals surface area contributed by atoms with Crippen LogP contribution >= 0.6 is 0 Å². The molecule has 0 bridgehead atoms. The first kappa shape index (κ1) is 28.3. The van der Waals surface area contributed by atoms with Gasteiger partial charge in [-0.05, 0) is 87.9 Å². The first-order valence-corrected chi connectivity index (χ1v) is 13.8. The third-order valence-electron chi connectivity index (χ3n) is 6.48. The van der Waals surface area contributed by atoms with Crippen LogP contribution < -0.4 is 9.46 Å². The summed E-state index contributed by atoms with van der Waals surface area (Å²) >= 11 is 0. The van der Waals surface area contributed by atoms with Gasteiger partial charge in [-0.2, -0.15) is 21.6 Å². The second-order valence-corrected chi connectivity index (χ2v) is 11.3. The summed E-state index contributed by atoms with van der Waals surface area (Å²) in [5, 5.41) is -0.320. The molecule has 1 aromatic carbocycles. The molecule has 0 saturated carbocycles. The molecule has 1 atom stereocenters. The summed E-state index contributed by atoms with van der Waals surface area (Å²) in [5.74, 6) is -2.12. The second kappa shape index (κ2) is 10.8. The molecule has 1 aliphatic rings. The number of allylic oxidation sites excluding steroid dienone is 2. The van der Waals surface area contributed by atoms with Crippen molar-refractivity contribution in [2.75, 3.05) is 0 Å². The molecule has 7 nitrogen and oxygen atoms in total. The van der Waals surface area contributed by atoms with E-state index in [9.17, 15) is 26.4 Å². The minimum absolute atomic E-state index is 0.0760. The van der Waals surface area contributed by atoms with Crippen molar-refractivity contribution < 1.29 is 31.1 Å². The van der Waals surface area contributed by atoms with Crippen LogP contribution in [0.1, 0.15) is 57.7 Å². The molecule has 11 heteroatoms. The number of carbonyl (C=O) groups is 1. The lowest BCUT2D eigenvalue weighted by Crippen LogP contribution is -2.31. The van der Waals surface area contributed by atoms with E-state index >= 15 is 0 Å². The standard InChI is InChI=1S/C28H28F3N3O4S/c1-16-14-17(2)25(18(3)15-16)38-27-22(26(35)34-39(36,37)24-7-5-6-19(4)32-24)12-13-23(33-27)20-8-10-21(11-9-20)28(29,30)31/h5-8,12-15,21H,9-11H2,1-4H3,(H,34,35). The Bertz CT molecular complexity index is 1540. The zero-order chi connectivity index (χ0) is 28.5. The summed E-state index contributed by atoms with van der Waals surface area (Å²) in [4.78, 5) is 21.7. The lowest BCUT2D eigenvalue weighted by molar-refractivity contribution is -0.175. The van der Waals surface area contributed by atoms with Crippen molar-refractivity contribution in [2.24, 2.45) is 5.92 Å². The first-order valence-electron chi connectivity index (χ1n) is 12.3. The van der Waals surface area contributed by atoms with Crippen LogP contribution in [0.5, 0.6) is 11.6 Å². The monoisotopic (exact) mass is 559 g/mol. The van der Waals surface area contributed by atoms with Gasteiger partial charge in [0.2, 0.25) is 5.88 Å². The van der Waals surface area contributed by atoms with E-state index in [1.54, 1.807) is 13.0 Å². The number of rotatable bonds is 6. The summed E-state index contributed by atoms with van der Waals surface area (Å²) in [6.45, 7) is 7.20. The van der Waals surface area contributed by atoms with Gasteiger partial charge in [0.25, 0.3) is 15.9 Å². The Kier molecular flexibility index (Phi) is 7.83. The van der Waals surface area contributed by atoms with Crippen molar-refractivity contribution in [2.45, 2.75) is 58.2 Å². The van der Waals surface area contributed by atoms with E-state index in [1.807, 2.05) is 37.6 Å². The number of ether oxygens (including phenoxy) is 1. The van der Waals surface area contributed by atoms with Gasteiger partial charge >= 0.3 is 6.18 Å². The van der Waals surface area contributed by atoms with Crippen LogP contribution in [0.25, 0.3) is 5.57 Å². The van der Waals surface area contributed by atoms with Crippen LogP contribution in [0, 0.1) is 33.6 Å². The number of hydrogen-bond acceptors (Lipinski definition) is 6. The molecule has 0 aliphatic heterocycles. The number of nitrogens with zero attached hydrogens (tertiary/aromatic N) is 2. The molecule has 39 heavy (non-hydrogen) atoms. The Balaban J connectivity index is 1.72. The lowest BCUT2D eigenvalue weighted by Gasteiger charge is -2.24. The molecule has 0 radical (unpaired) electrons. The molecule has 3 aromatic rings. The Morgan fingerprint density at radius 2 is 1.72 bits per heavy atom. The predicted molar refractivity (Wildman–Crippen MR) is 140 cm³/mol. The van der Waals surface area contributed by atoms with Crippen LogP contribution in [0.4, 0.5) is 13.2 Å². The number of aryl methyl sites for hydroxylation is 4. The maximum Gasteiger partial charge on any atom is 0.392 e. The maximum atomic E-state index is 13.2. The molecule has 4 rings (SSSR count). The first-order chi connectivity index (χ1) is 18.2. The molecular formula is C28H28F3N3O4S. The number of alkyl halides is 3. The highest BCUT2D eigenvalue weighted by molar-refractivity contribution is 7.90. The zero-order valence-corrected chi connectivity index (χ0v) is 22.7. The van der Waals surface area contributed by atoms with Crippen molar-refractivity contribution in [1.29, 1.82) is 0 Å². The Morgan fingerprint density at radius 1 is 1.03 bits per heavy atom. The van der Waals surface area contributed by atoms with Gasteiger partial charge in [-0.25, -0.2) is 14.7 Å². The van der Waals surface area contributed by atoms with Gasteiger partial charge in [0, 0.05) is 5.69 Å². The van der Waals surface area contributed by atoms with Crippen molar-refractivity contribution in [3.05, 3.63) is 82.2 Å². The summed E-state index contributed by atoms with van der Waals surface area (Å²) in [5.41, 5.74) is 3.80. The molecule has 1 aliphatic carbocycles. The van der Waals surface area contributed by atoms with E-state index in [2.05, 4.69) is 9.97 Å². The average Bonchev–Trinajstić information content (AvgIpc) is 2.85. The van der Waals surface area contributed by atoms with Crippen LogP contribution in [-0.2, 0) is 10.0 Å². The minimum atomic E-state index is -4.30. The van der Waals surface area contributed by atoms with Gasteiger partial charge in [0.15, 0.2) is 5.03 Å². The number of pyridine rings is 2. The van der Waals surface area contributed by atoms with E-state index in [-0.39, 0.29) is 35.7 Å². The minimum Gasteiger partial charge on any atom is -0.438 e. The van der Waals surface area contributed by atoms with E-state index in [0.717, 1.165) is 16.7 Å². The Hall–Kier alpha value is -3.73. The highest BCUT2D eigenvalue weighted by Crippen LogP contribution is 2.40. The van der Waals surface area contributed by atoms with E-state index < -0.39 is 28.0 Å². The largest absolute Gasteiger partial charge is 0.438 e. The molecule has 1 unspecified atom stereocenters. The van der Waals surface area contributed by atoms with Gasteiger partial charge in [-0.15, -0.1) is 0 Å². The molecule has 2 aromatic heterocycles. The molecular weight excluding hydrogens is 531 g/mol. The summed E-state index contributed by atoms with van der Waals surface area (Å²) in [7, 11) is -4.30. The third kappa shape index (κ3) is 6.47. The third-order valence-corrected chi connectivity index (χ3v) is 7.71. The summed E-state index contributed by atoms with van der Waals surface area (Å²) in [6.07, 6.45) is -2.87. The van der Waals surface area contributed by atoms with Gasteiger partial charge < -0.3 is 4.74 Å².